The summed E-state index contributed by atoms with van der Waals surface area (Å²) in [6.07, 6.45) is 2.10. The van der Waals surface area contributed by atoms with E-state index in [0.717, 1.165) is 16.6 Å². The lowest BCUT2D eigenvalue weighted by Gasteiger charge is -2.04. The highest BCUT2D eigenvalue weighted by atomic mass is 32.2. The molecule has 100 valence electrons. The van der Waals surface area contributed by atoms with E-state index < -0.39 is 0 Å². The maximum absolute atomic E-state index is 4.41. The molecule has 0 aliphatic heterocycles. The minimum absolute atomic E-state index is 0.676. The Morgan fingerprint density at radius 1 is 1.42 bits per heavy atom. The third kappa shape index (κ3) is 3.86. The minimum Gasteiger partial charge on any atom is -0.324 e. The zero-order valence-corrected chi connectivity index (χ0v) is 12.2. The number of benzene rings is 1. The number of para-hydroxylation sites is 1. The second-order valence-electron chi connectivity index (χ2n) is 4.33. The molecule has 2 N–H and O–H groups in total. The Hall–Kier alpha value is -1.75. The van der Waals surface area contributed by atoms with Crippen LogP contribution in [-0.4, -0.2) is 20.9 Å². The van der Waals surface area contributed by atoms with Gasteiger partial charge in [0.15, 0.2) is 0 Å². The van der Waals surface area contributed by atoms with Crippen LogP contribution in [0.3, 0.4) is 0 Å². The van der Waals surface area contributed by atoms with Crippen LogP contribution in [0.2, 0.25) is 0 Å². The summed E-state index contributed by atoms with van der Waals surface area (Å²) in [7, 11) is 0. The summed E-state index contributed by atoms with van der Waals surface area (Å²) in [5.41, 5.74) is 3.54. The van der Waals surface area contributed by atoms with E-state index in [-0.39, 0.29) is 0 Å². The molecule has 4 nitrogen and oxygen atoms in total. The van der Waals surface area contributed by atoms with Crippen LogP contribution in [0.25, 0.3) is 0 Å². The molecule has 0 unspecified atom stereocenters. The first kappa shape index (κ1) is 13.7. The smallest absolute Gasteiger partial charge is 0.223 e. The molecule has 19 heavy (non-hydrogen) atoms. The first-order chi connectivity index (χ1) is 9.19. The molecular formula is C14H18N4S. The molecule has 5 heteroatoms. The summed E-state index contributed by atoms with van der Waals surface area (Å²) in [6, 6.07) is 8.09. The van der Waals surface area contributed by atoms with Crippen molar-refractivity contribution in [1.82, 2.24) is 15.2 Å². The maximum Gasteiger partial charge on any atom is 0.223 e. The Bertz CT molecular complexity index is 574. The quantitative estimate of drug-likeness (QED) is 0.641. The number of nitrogens with one attached hydrogen (secondary N) is 2. The van der Waals surface area contributed by atoms with Crippen molar-refractivity contribution in [2.75, 3.05) is 11.1 Å². The number of nitrogens with zero attached hydrogens (tertiary/aromatic N) is 2. The van der Waals surface area contributed by atoms with Gasteiger partial charge in [-0.05, 0) is 32.4 Å². The molecular weight excluding hydrogens is 256 g/mol. The molecule has 0 amide bonds. The van der Waals surface area contributed by atoms with Gasteiger partial charge < -0.3 is 5.32 Å². The maximum atomic E-state index is 4.41. The van der Waals surface area contributed by atoms with Crippen LogP contribution < -0.4 is 5.32 Å². The molecule has 1 aromatic carbocycles. The van der Waals surface area contributed by atoms with Gasteiger partial charge in [0.1, 0.15) is 0 Å². The predicted molar refractivity (Wildman–Crippen MR) is 81.0 cm³/mol. The van der Waals surface area contributed by atoms with Gasteiger partial charge in [-0.15, -0.1) is 5.10 Å². The van der Waals surface area contributed by atoms with Gasteiger partial charge in [0.25, 0.3) is 0 Å². The summed E-state index contributed by atoms with van der Waals surface area (Å²) in [6.45, 7) is 6.20. The molecule has 2 rings (SSSR count). The van der Waals surface area contributed by atoms with Crippen molar-refractivity contribution in [3.8, 4) is 0 Å². The normalized spacial score (nSPS) is 11.6. The molecule has 0 saturated heterocycles. The number of rotatable bonds is 5. The largest absolute Gasteiger partial charge is 0.324 e. The van der Waals surface area contributed by atoms with E-state index in [4.69, 9.17) is 0 Å². The lowest BCUT2D eigenvalue weighted by Crippen LogP contribution is -1.94. The predicted octanol–water partition coefficient (Wildman–Crippen LogP) is 3.92. The molecule has 2 aromatic rings. The van der Waals surface area contributed by atoms with E-state index in [9.17, 15) is 0 Å². The standard InChI is InChI=1S/C14H18N4S/c1-4-10(2)9-19-14-16-13(17-18-14)15-12-8-6-5-7-11(12)3/h4-8H,9H2,1-3H3,(H2,15,16,17,18)/b10-4+. The fraction of sp³-hybridized carbons (Fsp3) is 0.286. The summed E-state index contributed by atoms with van der Waals surface area (Å²) >= 11 is 1.63. The fourth-order valence-corrected chi connectivity index (χ4v) is 2.26. The summed E-state index contributed by atoms with van der Waals surface area (Å²) in [4.78, 5) is 4.41. The molecule has 0 aliphatic rings. The van der Waals surface area contributed by atoms with E-state index >= 15 is 0 Å². The van der Waals surface area contributed by atoms with E-state index in [1.54, 1.807) is 11.8 Å². The van der Waals surface area contributed by atoms with Gasteiger partial charge in [0.2, 0.25) is 11.1 Å². The van der Waals surface area contributed by atoms with Crippen LogP contribution in [0.1, 0.15) is 19.4 Å². The molecule has 0 atom stereocenters. The molecule has 0 bridgehead atoms. The van der Waals surface area contributed by atoms with Crippen molar-refractivity contribution < 1.29 is 0 Å². The Morgan fingerprint density at radius 2 is 2.21 bits per heavy atom. The van der Waals surface area contributed by atoms with Crippen LogP contribution >= 0.6 is 11.8 Å². The monoisotopic (exact) mass is 274 g/mol. The van der Waals surface area contributed by atoms with Crippen molar-refractivity contribution in [1.29, 1.82) is 0 Å². The molecule has 0 fully saturated rings. The average Bonchev–Trinajstić information content (AvgIpc) is 2.86. The van der Waals surface area contributed by atoms with E-state index in [0.29, 0.717) is 5.95 Å². The van der Waals surface area contributed by atoms with E-state index in [2.05, 4.69) is 46.5 Å². The average molecular weight is 274 g/mol. The molecule has 0 spiro atoms. The lowest BCUT2D eigenvalue weighted by molar-refractivity contribution is 0.974. The Kier molecular flexibility index (Phi) is 4.63. The Morgan fingerprint density at radius 3 is 2.95 bits per heavy atom. The van der Waals surface area contributed by atoms with E-state index in [1.165, 1.54) is 11.1 Å². The number of aromatic nitrogens is 3. The topological polar surface area (TPSA) is 53.6 Å². The van der Waals surface area contributed by atoms with E-state index in [1.807, 2.05) is 25.1 Å². The highest BCUT2D eigenvalue weighted by Gasteiger charge is 2.05. The fourth-order valence-electron chi connectivity index (χ4n) is 1.47. The summed E-state index contributed by atoms with van der Waals surface area (Å²) in [5.74, 6) is 1.59. The van der Waals surface area contributed by atoms with Crippen molar-refractivity contribution in [3.05, 3.63) is 41.5 Å². The molecule has 0 saturated carbocycles. The number of aryl methyl sites for hydroxylation is 1. The van der Waals surface area contributed by atoms with Crippen molar-refractivity contribution in [2.24, 2.45) is 0 Å². The second kappa shape index (κ2) is 6.43. The van der Waals surface area contributed by atoms with Gasteiger partial charge in [-0.25, -0.2) is 5.10 Å². The number of H-pyrrole nitrogens is 1. The number of aromatic amines is 1. The van der Waals surface area contributed by atoms with Gasteiger partial charge in [-0.2, -0.15) is 4.98 Å². The number of hydrogen-bond acceptors (Lipinski definition) is 4. The number of hydrogen-bond donors (Lipinski definition) is 2. The zero-order valence-electron chi connectivity index (χ0n) is 11.4. The van der Waals surface area contributed by atoms with Crippen molar-refractivity contribution in [2.45, 2.75) is 25.9 Å². The van der Waals surface area contributed by atoms with Gasteiger partial charge in [0, 0.05) is 11.4 Å². The lowest BCUT2D eigenvalue weighted by atomic mass is 10.2. The van der Waals surface area contributed by atoms with Crippen LogP contribution in [0.5, 0.6) is 0 Å². The highest BCUT2D eigenvalue weighted by molar-refractivity contribution is 7.99. The van der Waals surface area contributed by atoms with Gasteiger partial charge >= 0.3 is 0 Å². The summed E-state index contributed by atoms with van der Waals surface area (Å²) in [5, 5.41) is 11.1. The summed E-state index contributed by atoms with van der Waals surface area (Å²) < 4.78 is 0. The number of thioether (sulfide) groups is 1. The third-order valence-electron chi connectivity index (χ3n) is 2.78. The second-order valence-corrected chi connectivity index (χ2v) is 5.27. The van der Waals surface area contributed by atoms with Crippen molar-refractivity contribution >= 4 is 23.4 Å². The van der Waals surface area contributed by atoms with Crippen LogP contribution in [0.15, 0.2) is 41.1 Å². The van der Waals surface area contributed by atoms with Crippen LogP contribution in [0.4, 0.5) is 11.6 Å². The SMILES string of the molecule is C/C=C(\C)CSc1n[nH]c(Nc2ccccc2C)n1. The molecule has 0 radical (unpaired) electrons. The molecule has 0 aliphatic carbocycles. The molecule has 1 aromatic heterocycles. The Labute approximate surface area is 117 Å². The first-order valence-corrected chi connectivity index (χ1v) is 7.17. The molecule has 1 heterocycles. The van der Waals surface area contributed by atoms with Crippen LogP contribution in [-0.2, 0) is 0 Å². The highest BCUT2D eigenvalue weighted by Crippen LogP contribution is 2.20. The third-order valence-corrected chi connectivity index (χ3v) is 3.83. The Balaban J connectivity index is 2.00. The van der Waals surface area contributed by atoms with Gasteiger partial charge in [-0.3, -0.25) is 0 Å². The van der Waals surface area contributed by atoms with Crippen molar-refractivity contribution in [3.63, 3.8) is 0 Å². The van der Waals surface area contributed by atoms with Gasteiger partial charge in [-0.1, -0.05) is 41.6 Å². The minimum atomic E-state index is 0.676. The van der Waals surface area contributed by atoms with Crippen LogP contribution in [0, 0.1) is 6.92 Å². The zero-order chi connectivity index (χ0) is 13.7. The number of anilines is 2. The number of allylic oxidation sites excluding steroid dienone is 1. The first-order valence-electron chi connectivity index (χ1n) is 6.18. The van der Waals surface area contributed by atoms with Gasteiger partial charge in [0.05, 0.1) is 0 Å².